The minimum Gasteiger partial charge on any atom is -0.321 e. The molecule has 0 rings (SSSR count). The molecule has 4 heteroatoms. The molecule has 1 nitrogen and oxygen atoms in total. The smallest absolute Gasteiger partial charge is 0.194 e. The Hall–Kier alpha value is 0.440. The van der Waals surface area contributed by atoms with E-state index in [2.05, 4.69) is 4.63 Å². The van der Waals surface area contributed by atoms with Gasteiger partial charge in [-0.25, -0.2) is 0 Å². The summed E-state index contributed by atoms with van der Waals surface area (Å²) >= 11 is 1.61. The molecule has 0 aromatic carbocycles. The summed E-state index contributed by atoms with van der Waals surface area (Å²) in [5.74, 6) is 0. The summed E-state index contributed by atoms with van der Waals surface area (Å²) in [6.45, 7) is 0. The van der Waals surface area contributed by atoms with E-state index in [-0.39, 0.29) is 0 Å². The van der Waals surface area contributed by atoms with Gasteiger partial charge in [0.25, 0.3) is 0 Å². The number of nitrogens with one attached hydrogen (secondary N) is 1. The highest BCUT2D eigenvalue weighted by Crippen LogP contribution is 1.67. The van der Waals surface area contributed by atoms with Gasteiger partial charge < -0.3 is 4.63 Å². The van der Waals surface area contributed by atoms with Crippen molar-refractivity contribution < 1.29 is 0 Å². The monoisotopic (exact) mass is 73.0 g/mol. The summed E-state index contributed by atoms with van der Waals surface area (Å²) in [5, 5.41) is 0. The number of hydrogen-bond acceptors (Lipinski definition) is 2. The van der Waals surface area contributed by atoms with Crippen LogP contribution in [-0.4, -0.2) is 15.1 Å². The second-order valence-electron chi connectivity index (χ2n) is 0.408. The Morgan fingerprint density at radius 1 is 1.75 bits per heavy atom. The van der Waals surface area contributed by atoms with E-state index in [4.69, 9.17) is 0 Å². The lowest BCUT2D eigenvalue weighted by Gasteiger charge is -1.76. The minimum absolute atomic E-state index is 1.61. The molecule has 0 unspecified atom stereocenters. The second-order valence-corrected chi connectivity index (χ2v) is 1.22. The Labute approximate surface area is 32.4 Å². The van der Waals surface area contributed by atoms with Gasteiger partial charge in [0.2, 0.25) is 0 Å². The van der Waals surface area contributed by atoms with E-state index in [9.17, 15) is 0 Å². The molecule has 0 heterocycles. The van der Waals surface area contributed by atoms with Crippen molar-refractivity contribution in [3.63, 3.8) is 0 Å². The lowest BCUT2D eigenvalue weighted by molar-refractivity contribution is 1.75. The van der Waals surface area contributed by atoms with E-state index in [0.29, 0.717) is 0 Å². The van der Waals surface area contributed by atoms with Gasteiger partial charge in [-0.1, -0.05) is 0 Å². The van der Waals surface area contributed by atoms with Crippen molar-refractivity contribution in [2.45, 2.75) is 0 Å². The largest absolute Gasteiger partial charge is 0.321 e. The van der Waals surface area contributed by atoms with Gasteiger partial charge in [0.05, 0.1) is 0 Å². The first-order valence-electron chi connectivity index (χ1n) is 1.11. The third kappa shape index (κ3) is 2.44. The fourth-order valence-electron chi connectivity index (χ4n) is 0. The zero-order valence-electron chi connectivity index (χ0n) is 2.91. The molecule has 0 fully saturated rings. The van der Waals surface area contributed by atoms with Crippen LogP contribution in [0.3, 0.4) is 0 Å². The summed E-state index contributed by atoms with van der Waals surface area (Å²) in [5.41, 5.74) is 0. The maximum Gasteiger partial charge on any atom is 0.194 e. The summed E-state index contributed by atoms with van der Waals surface area (Å²) in [4.78, 5) is 0. The molecule has 1 N–H and O–H groups in total. The summed E-state index contributed by atoms with van der Waals surface area (Å²) in [6.07, 6.45) is 0. The summed E-state index contributed by atoms with van der Waals surface area (Å²) < 4.78 is 2.85. The van der Waals surface area contributed by atoms with E-state index in [0.717, 1.165) is 0 Å². The Kier molecular flexibility index (Phi) is 3.82. The highest BCUT2D eigenvalue weighted by atomic mass is 32.2. The van der Waals surface area contributed by atoms with Crippen LogP contribution in [0.25, 0.3) is 0 Å². The van der Waals surface area contributed by atoms with Crippen LogP contribution in [0.2, 0.25) is 0 Å². The zero-order valence-corrected chi connectivity index (χ0v) is 3.72. The lowest BCUT2D eigenvalue weighted by atomic mass is 10.5. The standard InChI is InChI=1S/B2H5NS/c1-3-4-2/h3H,1-2H2. The fourth-order valence-corrected chi connectivity index (χ4v) is 0. The maximum atomic E-state index is 2.85. The molecule has 4 heavy (non-hydrogen) atoms. The summed E-state index contributed by atoms with van der Waals surface area (Å²) in [6, 6.07) is 0. The minimum atomic E-state index is 1.61. The van der Waals surface area contributed by atoms with Gasteiger partial charge in [-0.15, -0.1) is 0 Å². The molecule has 0 atom stereocenters. The molecule has 0 spiro atoms. The van der Waals surface area contributed by atoms with Gasteiger partial charge in [0.1, 0.15) is 0 Å². The molecule has 0 radical (unpaired) electrons. The van der Waals surface area contributed by atoms with Crippen molar-refractivity contribution in [1.82, 2.24) is 4.63 Å². The van der Waals surface area contributed by atoms with Crippen LogP contribution >= 0.6 is 11.8 Å². The van der Waals surface area contributed by atoms with Gasteiger partial charge in [0, 0.05) is 0 Å². The third-order valence-corrected chi connectivity index (χ3v) is 0.612. The highest BCUT2D eigenvalue weighted by Gasteiger charge is 1.52. The summed E-state index contributed by atoms with van der Waals surface area (Å²) in [7, 11) is 3.88. The first kappa shape index (κ1) is 4.44. The predicted octanol–water partition coefficient (Wildman–Crippen LogP) is -1.68. The first-order valence-corrected chi connectivity index (χ1v) is 2.34. The normalized spacial score (nSPS) is 7.00. The molecule has 0 aliphatic heterocycles. The second kappa shape index (κ2) is 3.44. The molecular formula is H5B2NS. The average molecular weight is 72.7 g/mol. The van der Waals surface area contributed by atoms with E-state index in [1.807, 2.05) is 15.1 Å². The topological polar surface area (TPSA) is 12.0 Å². The van der Waals surface area contributed by atoms with Gasteiger partial charge in [0.15, 0.2) is 15.1 Å². The Bertz CT molecular complexity index is 8.00. The molecule has 0 aromatic heterocycles. The van der Waals surface area contributed by atoms with Crippen molar-refractivity contribution in [1.29, 1.82) is 0 Å². The van der Waals surface area contributed by atoms with Crippen LogP contribution in [0.15, 0.2) is 0 Å². The van der Waals surface area contributed by atoms with Gasteiger partial charge in [-0.2, -0.15) is 11.8 Å². The fraction of sp³-hybridized carbons (Fsp3) is 0. The first-order chi connectivity index (χ1) is 1.91. The predicted molar refractivity (Wildman–Crippen MR) is 27.8 cm³/mol. The van der Waals surface area contributed by atoms with E-state index >= 15 is 0 Å². The van der Waals surface area contributed by atoms with E-state index in [1.165, 1.54) is 0 Å². The molecule has 0 aliphatic rings. The van der Waals surface area contributed by atoms with Crippen LogP contribution in [0.4, 0.5) is 0 Å². The Morgan fingerprint density at radius 2 is 2.00 bits per heavy atom. The van der Waals surface area contributed by atoms with Gasteiger partial charge >= 0.3 is 0 Å². The zero-order chi connectivity index (χ0) is 3.41. The van der Waals surface area contributed by atoms with E-state index in [1.54, 1.807) is 11.8 Å². The van der Waals surface area contributed by atoms with Crippen molar-refractivity contribution >= 4 is 26.9 Å². The maximum absolute atomic E-state index is 2.85. The van der Waals surface area contributed by atoms with Crippen molar-refractivity contribution in [2.24, 2.45) is 0 Å². The molecule has 0 saturated heterocycles. The van der Waals surface area contributed by atoms with Crippen LogP contribution in [0.1, 0.15) is 0 Å². The molecular weight excluding hydrogens is 67.7 g/mol. The molecule has 0 aromatic rings. The molecule has 0 saturated carbocycles. The molecule has 22 valence electrons. The van der Waals surface area contributed by atoms with Crippen LogP contribution in [0, 0.1) is 0 Å². The van der Waals surface area contributed by atoms with Crippen LogP contribution in [0.5, 0.6) is 0 Å². The Balaban J connectivity index is 1.97. The molecule has 0 aliphatic carbocycles. The quantitative estimate of drug-likeness (QED) is 0.294. The number of rotatable bonds is 1. The Morgan fingerprint density at radius 3 is 2.00 bits per heavy atom. The van der Waals surface area contributed by atoms with Gasteiger partial charge in [-0.3, -0.25) is 0 Å². The SMILES string of the molecule is BNSB. The average Bonchev–Trinajstić information content (AvgIpc) is 1.37. The van der Waals surface area contributed by atoms with Gasteiger partial charge in [-0.05, 0) is 0 Å². The van der Waals surface area contributed by atoms with Crippen LogP contribution < -0.4 is 4.63 Å². The third-order valence-electron chi connectivity index (χ3n) is 0.204. The molecule has 0 amide bonds. The lowest BCUT2D eigenvalue weighted by Crippen LogP contribution is -1.90. The van der Waals surface area contributed by atoms with Crippen molar-refractivity contribution in [3.8, 4) is 0 Å². The number of hydrogen-bond donors (Lipinski definition) is 1. The van der Waals surface area contributed by atoms with Crippen LogP contribution in [-0.2, 0) is 0 Å². The van der Waals surface area contributed by atoms with Crippen molar-refractivity contribution in [3.05, 3.63) is 0 Å². The van der Waals surface area contributed by atoms with E-state index < -0.39 is 0 Å². The molecule has 0 bridgehead atoms. The van der Waals surface area contributed by atoms with Crippen molar-refractivity contribution in [2.75, 3.05) is 0 Å². The highest BCUT2D eigenvalue weighted by molar-refractivity contribution is 8.18.